The fourth-order valence-corrected chi connectivity index (χ4v) is 3.07. The minimum Gasteiger partial charge on any atom is -0.339 e. The Morgan fingerprint density at radius 2 is 1.69 bits per heavy atom. The Morgan fingerprint density at radius 3 is 2.31 bits per heavy atom. The number of rotatable bonds is 3. The number of benzene rings is 2. The van der Waals surface area contributed by atoms with E-state index in [4.69, 9.17) is 11.6 Å². The standard InChI is InChI=1S/C19H17ClF2N2O2/c20-14-3-1-13(2-4-14)19(26)24-9-7-12(8-10-24)18(25)23-17-6-5-15(21)11-16(17)22/h1-6,11-12H,7-10H2,(H,23,25). The highest BCUT2D eigenvalue weighted by molar-refractivity contribution is 6.30. The van der Waals surface area contributed by atoms with Crippen LogP contribution in [0.1, 0.15) is 23.2 Å². The number of hydrogen-bond donors (Lipinski definition) is 1. The van der Waals surface area contributed by atoms with Crippen molar-refractivity contribution in [3.8, 4) is 0 Å². The molecule has 1 fully saturated rings. The average molecular weight is 379 g/mol. The van der Waals surface area contributed by atoms with Crippen LogP contribution in [0.2, 0.25) is 5.02 Å². The van der Waals surface area contributed by atoms with Crippen LogP contribution in [0.4, 0.5) is 14.5 Å². The van der Waals surface area contributed by atoms with Gasteiger partial charge in [0, 0.05) is 35.7 Å². The third kappa shape index (κ3) is 4.19. The fourth-order valence-electron chi connectivity index (χ4n) is 2.95. The Hall–Kier alpha value is -2.47. The van der Waals surface area contributed by atoms with Crippen LogP contribution in [-0.4, -0.2) is 29.8 Å². The Bertz CT molecular complexity index is 819. The van der Waals surface area contributed by atoms with Crippen LogP contribution in [0.25, 0.3) is 0 Å². The predicted molar refractivity (Wildman–Crippen MR) is 95.1 cm³/mol. The second-order valence-electron chi connectivity index (χ2n) is 6.19. The van der Waals surface area contributed by atoms with Crippen molar-refractivity contribution in [3.63, 3.8) is 0 Å². The molecule has 3 rings (SSSR count). The third-order valence-electron chi connectivity index (χ3n) is 4.43. The number of hydrogen-bond acceptors (Lipinski definition) is 2. The molecule has 0 saturated carbocycles. The maximum Gasteiger partial charge on any atom is 0.253 e. The molecule has 2 aromatic carbocycles. The van der Waals surface area contributed by atoms with Gasteiger partial charge in [0.2, 0.25) is 5.91 Å². The van der Waals surface area contributed by atoms with Gasteiger partial charge in [-0.3, -0.25) is 9.59 Å². The highest BCUT2D eigenvalue weighted by Gasteiger charge is 2.28. The van der Waals surface area contributed by atoms with Crippen molar-refractivity contribution < 1.29 is 18.4 Å². The lowest BCUT2D eigenvalue weighted by Crippen LogP contribution is -2.41. The zero-order valence-corrected chi connectivity index (χ0v) is 14.6. The molecular formula is C19H17ClF2N2O2. The van der Waals surface area contributed by atoms with Crippen molar-refractivity contribution in [2.24, 2.45) is 5.92 Å². The molecule has 0 bridgehead atoms. The van der Waals surface area contributed by atoms with Crippen LogP contribution in [-0.2, 0) is 4.79 Å². The molecule has 0 atom stereocenters. The molecule has 4 nitrogen and oxygen atoms in total. The van der Waals surface area contributed by atoms with Crippen molar-refractivity contribution in [3.05, 3.63) is 64.7 Å². The number of amides is 2. The minimum atomic E-state index is -0.811. The zero-order chi connectivity index (χ0) is 18.7. The molecule has 2 amide bonds. The summed E-state index contributed by atoms with van der Waals surface area (Å²) in [5.74, 6) is -2.27. The fraction of sp³-hybridized carbons (Fsp3) is 0.263. The van der Waals surface area contributed by atoms with Gasteiger partial charge in [-0.1, -0.05) is 11.6 Å². The van der Waals surface area contributed by atoms with Crippen LogP contribution in [0.15, 0.2) is 42.5 Å². The van der Waals surface area contributed by atoms with E-state index in [0.29, 0.717) is 36.5 Å². The van der Waals surface area contributed by atoms with Crippen LogP contribution in [0.5, 0.6) is 0 Å². The summed E-state index contributed by atoms with van der Waals surface area (Å²) in [7, 11) is 0. The molecule has 136 valence electrons. The maximum absolute atomic E-state index is 13.6. The van der Waals surface area contributed by atoms with E-state index in [2.05, 4.69) is 5.32 Å². The lowest BCUT2D eigenvalue weighted by atomic mass is 9.95. The van der Waals surface area contributed by atoms with Gasteiger partial charge >= 0.3 is 0 Å². The summed E-state index contributed by atoms with van der Waals surface area (Å²) in [6.45, 7) is 0.872. The molecule has 1 saturated heterocycles. The zero-order valence-electron chi connectivity index (χ0n) is 13.8. The van der Waals surface area contributed by atoms with Gasteiger partial charge in [-0.05, 0) is 49.2 Å². The molecule has 0 aliphatic carbocycles. The topological polar surface area (TPSA) is 49.4 Å². The Balaban J connectivity index is 1.56. The molecule has 0 unspecified atom stereocenters. The maximum atomic E-state index is 13.6. The molecule has 0 radical (unpaired) electrons. The summed E-state index contributed by atoms with van der Waals surface area (Å²) in [6, 6.07) is 9.66. The van der Waals surface area contributed by atoms with Crippen LogP contribution < -0.4 is 5.32 Å². The number of nitrogens with zero attached hydrogens (tertiary/aromatic N) is 1. The number of halogens is 3. The van der Waals surface area contributed by atoms with E-state index in [-0.39, 0.29) is 23.4 Å². The van der Waals surface area contributed by atoms with E-state index >= 15 is 0 Å². The molecule has 1 N–H and O–H groups in total. The van der Waals surface area contributed by atoms with E-state index in [0.717, 1.165) is 12.1 Å². The van der Waals surface area contributed by atoms with Gasteiger partial charge < -0.3 is 10.2 Å². The summed E-state index contributed by atoms with van der Waals surface area (Å²) in [5.41, 5.74) is 0.502. The molecule has 7 heteroatoms. The van der Waals surface area contributed by atoms with Crippen LogP contribution in [0, 0.1) is 17.6 Å². The van der Waals surface area contributed by atoms with E-state index in [9.17, 15) is 18.4 Å². The second-order valence-corrected chi connectivity index (χ2v) is 6.62. The Kier molecular flexibility index (Phi) is 5.52. The summed E-state index contributed by atoms with van der Waals surface area (Å²) in [6.07, 6.45) is 0.960. The average Bonchev–Trinajstić information content (AvgIpc) is 2.64. The van der Waals surface area contributed by atoms with Crippen molar-refractivity contribution in [2.45, 2.75) is 12.8 Å². The van der Waals surface area contributed by atoms with Crippen molar-refractivity contribution in [1.29, 1.82) is 0 Å². The summed E-state index contributed by atoms with van der Waals surface area (Å²) < 4.78 is 26.6. The Labute approximate surface area is 154 Å². The summed E-state index contributed by atoms with van der Waals surface area (Å²) in [5, 5.41) is 3.05. The molecule has 2 aromatic rings. The van der Waals surface area contributed by atoms with Crippen molar-refractivity contribution in [1.82, 2.24) is 4.90 Å². The van der Waals surface area contributed by atoms with Gasteiger partial charge in [-0.25, -0.2) is 8.78 Å². The van der Waals surface area contributed by atoms with Crippen molar-refractivity contribution in [2.75, 3.05) is 18.4 Å². The second kappa shape index (κ2) is 7.83. The normalized spacial score (nSPS) is 15.0. The summed E-state index contributed by atoms with van der Waals surface area (Å²) >= 11 is 5.83. The highest BCUT2D eigenvalue weighted by atomic mass is 35.5. The SMILES string of the molecule is O=C(Nc1ccc(F)cc1F)C1CCN(C(=O)c2ccc(Cl)cc2)CC1. The van der Waals surface area contributed by atoms with Gasteiger partial charge in [0.1, 0.15) is 11.6 Å². The largest absolute Gasteiger partial charge is 0.339 e. The molecule has 26 heavy (non-hydrogen) atoms. The number of likely N-dealkylation sites (tertiary alicyclic amines) is 1. The number of nitrogens with one attached hydrogen (secondary N) is 1. The number of carbonyl (C=O) groups is 2. The lowest BCUT2D eigenvalue weighted by Gasteiger charge is -2.31. The van der Waals surface area contributed by atoms with E-state index in [1.54, 1.807) is 29.2 Å². The quantitative estimate of drug-likeness (QED) is 0.873. The first-order valence-electron chi connectivity index (χ1n) is 8.25. The van der Waals surface area contributed by atoms with Crippen LogP contribution in [0.3, 0.4) is 0 Å². The van der Waals surface area contributed by atoms with Gasteiger partial charge in [0.25, 0.3) is 5.91 Å². The smallest absolute Gasteiger partial charge is 0.253 e. The van der Waals surface area contributed by atoms with Gasteiger partial charge in [0.15, 0.2) is 0 Å². The van der Waals surface area contributed by atoms with Crippen LogP contribution >= 0.6 is 11.6 Å². The monoisotopic (exact) mass is 378 g/mol. The van der Waals surface area contributed by atoms with Gasteiger partial charge in [0.05, 0.1) is 5.69 Å². The molecule has 0 spiro atoms. The first kappa shape index (κ1) is 18.3. The Morgan fingerprint density at radius 1 is 1.04 bits per heavy atom. The van der Waals surface area contributed by atoms with E-state index in [1.807, 2.05) is 0 Å². The number of carbonyl (C=O) groups excluding carboxylic acids is 2. The number of piperidine rings is 1. The predicted octanol–water partition coefficient (Wildman–Crippen LogP) is 4.11. The summed E-state index contributed by atoms with van der Waals surface area (Å²) in [4.78, 5) is 26.4. The third-order valence-corrected chi connectivity index (χ3v) is 4.69. The molecule has 1 aliphatic heterocycles. The first-order valence-corrected chi connectivity index (χ1v) is 8.62. The molecular weight excluding hydrogens is 362 g/mol. The van der Waals surface area contributed by atoms with E-state index in [1.165, 1.54) is 6.07 Å². The van der Waals surface area contributed by atoms with Gasteiger partial charge in [-0.2, -0.15) is 0 Å². The van der Waals surface area contributed by atoms with E-state index < -0.39 is 11.6 Å². The number of anilines is 1. The molecule has 1 aliphatic rings. The lowest BCUT2D eigenvalue weighted by molar-refractivity contribution is -0.121. The minimum absolute atomic E-state index is 0.0453. The molecule has 1 heterocycles. The molecule has 0 aromatic heterocycles. The van der Waals surface area contributed by atoms with Crippen molar-refractivity contribution >= 4 is 29.1 Å². The van der Waals surface area contributed by atoms with Gasteiger partial charge in [-0.15, -0.1) is 0 Å². The highest BCUT2D eigenvalue weighted by Crippen LogP contribution is 2.23. The first-order chi connectivity index (χ1) is 12.4.